The molecule has 4 rings (SSSR count). The van der Waals surface area contributed by atoms with Crippen molar-refractivity contribution in [2.24, 2.45) is 11.7 Å². The minimum atomic E-state index is -0.288. The van der Waals surface area contributed by atoms with E-state index in [9.17, 15) is 4.39 Å². The molecule has 1 aromatic carbocycles. The Kier molecular flexibility index (Phi) is 6.37. The van der Waals surface area contributed by atoms with Crippen molar-refractivity contribution in [3.05, 3.63) is 24.0 Å². The van der Waals surface area contributed by atoms with E-state index in [1.807, 2.05) is 0 Å². The molecule has 0 bridgehead atoms. The van der Waals surface area contributed by atoms with Crippen molar-refractivity contribution in [1.82, 2.24) is 10.1 Å². The lowest BCUT2D eigenvalue weighted by Crippen LogP contribution is -2.47. The Hall–Kier alpha value is -1.37. The molecule has 0 spiro atoms. The maximum atomic E-state index is 13.3. The van der Waals surface area contributed by atoms with Gasteiger partial charge in [-0.05, 0) is 56.7 Å². The molecule has 2 aromatic rings. The van der Waals surface area contributed by atoms with Gasteiger partial charge in [-0.25, -0.2) is 4.39 Å². The van der Waals surface area contributed by atoms with Crippen molar-refractivity contribution in [2.45, 2.75) is 38.1 Å². The van der Waals surface area contributed by atoms with Crippen LogP contribution in [0.5, 0.6) is 0 Å². The lowest BCUT2D eigenvalue weighted by molar-refractivity contribution is 0.216. The summed E-state index contributed by atoms with van der Waals surface area (Å²) in [5, 5.41) is 5.06. The molecule has 0 unspecified atom stereocenters. The molecule has 5 nitrogen and oxygen atoms in total. The Morgan fingerprint density at radius 1 is 1.12 bits per heavy atom. The highest BCUT2D eigenvalue weighted by Crippen LogP contribution is 2.28. The number of hydrogen-bond donors (Lipinski definition) is 1. The van der Waals surface area contributed by atoms with Crippen LogP contribution in [0.3, 0.4) is 0 Å². The number of nitrogens with two attached hydrogens (primary N) is 1. The Morgan fingerprint density at radius 3 is 2.58 bits per heavy atom. The predicted molar refractivity (Wildman–Crippen MR) is 104 cm³/mol. The molecule has 2 fully saturated rings. The van der Waals surface area contributed by atoms with Gasteiger partial charge in [-0.1, -0.05) is 5.16 Å². The minimum absolute atomic E-state index is 0. The number of rotatable bonds is 4. The SMILES string of the molecule is Cl.N[C@H]1CC[C@H](CCN2CCN(c3noc4cc(F)ccc34)CC2)CC1. The number of nitrogens with zero attached hydrogens (tertiary/aromatic N) is 3. The van der Waals surface area contributed by atoms with E-state index >= 15 is 0 Å². The highest BCUT2D eigenvalue weighted by Gasteiger charge is 2.23. The zero-order valence-corrected chi connectivity index (χ0v) is 15.9. The third-order valence-corrected chi connectivity index (χ3v) is 5.83. The van der Waals surface area contributed by atoms with E-state index in [4.69, 9.17) is 10.3 Å². The molecule has 0 atom stereocenters. The van der Waals surface area contributed by atoms with Gasteiger partial charge in [-0.3, -0.25) is 4.90 Å². The summed E-state index contributed by atoms with van der Waals surface area (Å²) in [6, 6.07) is 5.06. The molecule has 0 radical (unpaired) electrons. The van der Waals surface area contributed by atoms with Gasteiger partial charge in [0.1, 0.15) is 5.82 Å². The number of benzene rings is 1. The second-order valence-corrected chi connectivity index (χ2v) is 7.54. The maximum absolute atomic E-state index is 13.3. The van der Waals surface area contributed by atoms with E-state index in [0.717, 1.165) is 43.3 Å². The summed E-state index contributed by atoms with van der Waals surface area (Å²) in [7, 11) is 0. The zero-order valence-electron chi connectivity index (χ0n) is 15.1. The minimum Gasteiger partial charge on any atom is -0.354 e. The first-order chi connectivity index (χ1) is 12.2. The van der Waals surface area contributed by atoms with Crippen LogP contribution in [0.4, 0.5) is 10.2 Å². The summed E-state index contributed by atoms with van der Waals surface area (Å²) in [6.07, 6.45) is 6.26. The Morgan fingerprint density at radius 2 is 1.85 bits per heavy atom. The van der Waals surface area contributed by atoms with Gasteiger partial charge < -0.3 is 15.2 Å². The average Bonchev–Trinajstić information content (AvgIpc) is 3.04. The van der Waals surface area contributed by atoms with E-state index < -0.39 is 0 Å². The Labute approximate surface area is 160 Å². The summed E-state index contributed by atoms with van der Waals surface area (Å²) in [5.41, 5.74) is 6.52. The predicted octanol–water partition coefficient (Wildman–Crippen LogP) is 3.42. The van der Waals surface area contributed by atoms with Gasteiger partial charge in [-0.2, -0.15) is 0 Å². The quantitative estimate of drug-likeness (QED) is 0.878. The normalized spacial score (nSPS) is 24.6. The van der Waals surface area contributed by atoms with Gasteiger partial charge in [0.25, 0.3) is 0 Å². The fraction of sp³-hybridized carbons (Fsp3) is 0.632. The summed E-state index contributed by atoms with van der Waals surface area (Å²) in [4.78, 5) is 4.80. The lowest BCUT2D eigenvalue weighted by atomic mass is 9.84. The van der Waals surface area contributed by atoms with Crippen LogP contribution in [0, 0.1) is 11.7 Å². The first-order valence-corrected chi connectivity index (χ1v) is 9.47. The average molecular weight is 383 g/mol. The smallest absolute Gasteiger partial charge is 0.180 e. The number of piperazine rings is 1. The third-order valence-electron chi connectivity index (χ3n) is 5.83. The molecule has 7 heteroatoms. The van der Waals surface area contributed by atoms with Crippen molar-refractivity contribution < 1.29 is 8.91 Å². The molecule has 2 aliphatic rings. The number of fused-ring (bicyclic) bond motifs is 1. The van der Waals surface area contributed by atoms with Gasteiger partial charge >= 0.3 is 0 Å². The van der Waals surface area contributed by atoms with E-state index in [1.165, 1.54) is 50.8 Å². The van der Waals surface area contributed by atoms with E-state index in [-0.39, 0.29) is 18.2 Å². The first-order valence-electron chi connectivity index (χ1n) is 9.47. The van der Waals surface area contributed by atoms with Crippen LogP contribution >= 0.6 is 12.4 Å². The summed E-state index contributed by atoms with van der Waals surface area (Å²) < 4.78 is 18.6. The molecule has 1 aliphatic heterocycles. The Bertz CT molecular complexity index is 709. The third kappa shape index (κ3) is 4.30. The van der Waals surface area contributed by atoms with Crippen LogP contribution in [0.2, 0.25) is 0 Å². The van der Waals surface area contributed by atoms with Crippen molar-refractivity contribution in [2.75, 3.05) is 37.6 Å². The second kappa shape index (κ2) is 8.55. The van der Waals surface area contributed by atoms with E-state index in [0.29, 0.717) is 11.6 Å². The van der Waals surface area contributed by atoms with Gasteiger partial charge in [0.2, 0.25) is 0 Å². The molecular formula is C19H28ClFN4O. The Balaban J connectivity index is 0.00000196. The summed E-state index contributed by atoms with van der Waals surface area (Å²) in [5.74, 6) is 1.41. The molecule has 1 aromatic heterocycles. The standard InChI is InChI=1S/C19H27FN4O.ClH/c20-15-3-6-17-18(13-15)25-22-19(17)24-11-9-23(10-12-24)8-7-14-1-4-16(21)5-2-14;/h3,6,13-14,16H,1-2,4-5,7-12,21H2;1H/t14-,16-;. The molecule has 0 amide bonds. The van der Waals surface area contributed by atoms with Crippen LogP contribution in [0.15, 0.2) is 22.7 Å². The maximum Gasteiger partial charge on any atom is 0.180 e. The number of hydrogen-bond acceptors (Lipinski definition) is 5. The fourth-order valence-electron chi connectivity index (χ4n) is 4.15. The van der Waals surface area contributed by atoms with E-state index in [2.05, 4.69) is 15.0 Å². The van der Waals surface area contributed by atoms with Gasteiger partial charge in [0.05, 0.1) is 5.39 Å². The number of anilines is 1. The highest BCUT2D eigenvalue weighted by molar-refractivity contribution is 5.88. The van der Waals surface area contributed by atoms with Crippen LogP contribution in [-0.2, 0) is 0 Å². The fourth-order valence-corrected chi connectivity index (χ4v) is 4.15. The van der Waals surface area contributed by atoms with Crippen molar-refractivity contribution in [1.29, 1.82) is 0 Å². The first kappa shape index (κ1) is 19.4. The van der Waals surface area contributed by atoms with Crippen LogP contribution in [-0.4, -0.2) is 48.8 Å². The van der Waals surface area contributed by atoms with Gasteiger partial charge in [0.15, 0.2) is 11.4 Å². The second-order valence-electron chi connectivity index (χ2n) is 7.54. The van der Waals surface area contributed by atoms with Crippen molar-refractivity contribution >= 4 is 29.2 Å². The molecule has 1 saturated carbocycles. The van der Waals surface area contributed by atoms with Crippen molar-refractivity contribution in [3.8, 4) is 0 Å². The zero-order chi connectivity index (χ0) is 17.2. The van der Waals surface area contributed by atoms with Gasteiger partial charge in [0, 0.05) is 38.3 Å². The molecule has 2 N–H and O–H groups in total. The highest BCUT2D eigenvalue weighted by atomic mass is 35.5. The summed E-state index contributed by atoms with van der Waals surface area (Å²) >= 11 is 0. The van der Waals surface area contributed by atoms with Crippen LogP contribution < -0.4 is 10.6 Å². The lowest BCUT2D eigenvalue weighted by Gasteiger charge is -2.36. The molecule has 2 heterocycles. The molecule has 1 aliphatic carbocycles. The molecule has 1 saturated heterocycles. The molecule has 144 valence electrons. The van der Waals surface area contributed by atoms with E-state index in [1.54, 1.807) is 6.07 Å². The molecule has 26 heavy (non-hydrogen) atoms. The molecular weight excluding hydrogens is 355 g/mol. The van der Waals surface area contributed by atoms with Gasteiger partial charge in [-0.15, -0.1) is 12.4 Å². The largest absolute Gasteiger partial charge is 0.354 e. The topological polar surface area (TPSA) is 58.5 Å². The monoisotopic (exact) mass is 382 g/mol. The number of aromatic nitrogens is 1. The summed E-state index contributed by atoms with van der Waals surface area (Å²) in [6.45, 7) is 5.14. The van der Waals surface area contributed by atoms with Crippen LogP contribution in [0.25, 0.3) is 11.0 Å². The van der Waals surface area contributed by atoms with Crippen molar-refractivity contribution in [3.63, 3.8) is 0 Å². The number of halogens is 2. The van der Waals surface area contributed by atoms with Crippen LogP contribution in [0.1, 0.15) is 32.1 Å².